The molecule has 0 aromatic heterocycles. The van der Waals surface area contributed by atoms with E-state index in [9.17, 15) is 4.79 Å². The molecule has 1 aliphatic rings. The van der Waals surface area contributed by atoms with Crippen molar-refractivity contribution in [2.75, 3.05) is 13.7 Å². The summed E-state index contributed by atoms with van der Waals surface area (Å²) in [5.41, 5.74) is 3.44. The third-order valence-electron chi connectivity index (χ3n) is 5.52. The number of nitrogens with one attached hydrogen (secondary N) is 2. The SMILES string of the molecule is CCOc1cc([C@H]2NC(=S)NC(c3ccccc3)=C2C(=O)OC)ccc1OCc1ccc(Cl)c(Cl)c1. The van der Waals surface area contributed by atoms with Crippen molar-refractivity contribution >= 4 is 52.2 Å². The van der Waals surface area contributed by atoms with E-state index in [2.05, 4.69) is 10.6 Å². The van der Waals surface area contributed by atoms with Crippen LogP contribution in [-0.2, 0) is 16.1 Å². The highest BCUT2D eigenvalue weighted by molar-refractivity contribution is 7.80. The zero-order chi connectivity index (χ0) is 25.7. The number of esters is 1. The third kappa shape index (κ3) is 5.75. The number of hydrogen-bond donors (Lipinski definition) is 2. The Bertz CT molecular complexity index is 1310. The first kappa shape index (κ1) is 25.8. The number of carbonyl (C=O) groups excluding carboxylic acids is 1. The van der Waals surface area contributed by atoms with Gasteiger partial charge in [0.05, 0.1) is 41.1 Å². The van der Waals surface area contributed by atoms with Gasteiger partial charge in [-0.3, -0.25) is 0 Å². The Hall–Kier alpha value is -3.26. The van der Waals surface area contributed by atoms with E-state index in [4.69, 9.17) is 49.6 Å². The molecule has 0 saturated heterocycles. The molecule has 6 nitrogen and oxygen atoms in total. The second-order valence-corrected chi connectivity index (χ2v) is 9.08. The van der Waals surface area contributed by atoms with Crippen LogP contribution in [0, 0.1) is 0 Å². The molecule has 1 heterocycles. The predicted octanol–water partition coefficient (Wildman–Crippen LogP) is 6.07. The molecule has 9 heteroatoms. The fraction of sp³-hybridized carbons (Fsp3) is 0.185. The highest BCUT2D eigenvalue weighted by Crippen LogP contribution is 2.37. The van der Waals surface area contributed by atoms with E-state index in [1.54, 1.807) is 12.1 Å². The summed E-state index contributed by atoms with van der Waals surface area (Å²) in [4.78, 5) is 12.9. The third-order valence-corrected chi connectivity index (χ3v) is 6.48. The highest BCUT2D eigenvalue weighted by Gasteiger charge is 2.33. The Morgan fingerprint density at radius 2 is 1.75 bits per heavy atom. The first-order valence-corrected chi connectivity index (χ1v) is 12.4. The monoisotopic (exact) mass is 542 g/mol. The number of hydrogen-bond acceptors (Lipinski definition) is 5. The van der Waals surface area contributed by atoms with Crippen molar-refractivity contribution in [3.8, 4) is 11.5 Å². The van der Waals surface area contributed by atoms with Crippen LogP contribution in [0.1, 0.15) is 29.7 Å². The maximum absolute atomic E-state index is 12.9. The second kappa shape index (κ2) is 11.6. The lowest BCUT2D eigenvalue weighted by Crippen LogP contribution is -2.45. The van der Waals surface area contributed by atoms with Crippen molar-refractivity contribution in [2.24, 2.45) is 0 Å². The van der Waals surface area contributed by atoms with E-state index in [1.807, 2.05) is 61.5 Å². The molecular weight excluding hydrogens is 519 g/mol. The van der Waals surface area contributed by atoms with Crippen LogP contribution in [0.2, 0.25) is 10.0 Å². The lowest BCUT2D eigenvalue weighted by molar-refractivity contribution is -0.136. The van der Waals surface area contributed by atoms with Gasteiger partial charge in [0.25, 0.3) is 0 Å². The van der Waals surface area contributed by atoms with Crippen LogP contribution < -0.4 is 20.1 Å². The molecule has 3 aromatic rings. The van der Waals surface area contributed by atoms with E-state index >= 15 is 0 Å². The van der Waals surface area contributed by atoms with Crippen molar-refractivity contribution in [1.29, 1.82) is 0 Å². The van der Waals surface area contributed by atoms with Gasteiger partial charge in [-0.15, -0.1) is 0 Å². The minimum absolute atomic E-state index is 0.275. The molecule has 36 heavy (non-hydrogen) atoms. The molecule has 0 bridgehead atoms. The Morgan fingerprint density at radius 1 is 0.972 bits per heavy atom. The summed E-state index contributed by atoms with van der Waals surface area (Å²) in [6, 6.07) is 19.8. The van der Waals surface area contributed by atoms with Crippen LogP contribution in [0.15, 0.2) is 72.3 Å². The fourth-order valence-corrected chi connectivity index (χ4v) is 4.40. The van der Waals surface area contributed by atoms with Gasteiger partial charge in [0, 0.05) is 0 Å². The number of ether oxygens (including phenoxy) is 3. The van der Waals surface area contributed by atoms with Crippen molar-refractivity contribution < 1.29 is 19.0 Å². The van der Waals surface area contributed by atoms with E-state index in [0.29, 0.717) is 44.5 Å². The summed E-state index contributed by atoms with van der Waals surface area (Å²) in [5, 5.41) is 7.65. The molecule has 0 amide bonds. The number of rotatable bonds is 8. The van der Waals surface area contributed by atoms with Gasteiger partial charge in [0.2, 0.25) is 0 Å². The zero-order valence-electron chi connectivity index (χ0n) is 19.6. The van der Waals surface area contributed by atoms with E-state index in [0.717, 1.165) is 16.7 Å². The van der Waals surface area contributed by atoms with Crippen molar-refractivity contribution in [1.82, 2.24) is 10.6 Å². The lowest BCUT2D eigenvalue weighted by Gasteiger charge is -2.31. The number of thiocarbonyl (C=S) groups is 1. The van der Waals surface area contributed by atoms with Crippen LogP contribution in [0.5, 0.6) is 11.5 Å². The van der Waals surface area contributed by atoms with E-state index in [1.165, 1.54) is 7.11 Å². The molecule has 0 saturated carbocycles. The molecule has 2 N–H and O–H groups in total. The smallest absolute Gasteiger partial charge is 0.338 e. The summed E-state index contributed by atoms with van der Waals surface area (Å²) in [7, 11) is 1.35. The van der Waals surface area contributed by atoms with Crippen LogP contribution in [0.25, 0.3) is 5.70 Å². The zero-order valence-corrected chi connectivity index (χ0v) is 22.0. The minimum Gasteiger partial charge on any atom is -0.490 e. The summed E-state index contributed by atoms with van der Waals surface area (Å²) in [5.74, 6) is 0.612. The largest absolute Gasteiger partial charge is 0.490 e. The number of methoxy groups -OCH3 is 1. The first-order chi connectivity index (χ1) is 17.4. The maximum atomic E-state index is 12.9. The Labute approximate surface area is 225 Å². The number of halogens is 2. The molecule has 1 aliphatic heterocycles. The average molecular weight is 543 g/mol. The number of benzene rings is 3. The van der Waals surface area contributed by atoms with Crippen LogP contribution >= 0.6 is 35.4 Å². The Kier molecular flexibility index (Phi) is 8.36. The van der Waals surface area contributed by atoms with Gasteiger partial charge in [-0.2, -0.15) is 0 Å². The van der Waals surface area contributed by atoms with Crippen molar-refractivity contribution in [3.63, 3.8) is 0 Å². The summed E-state index contributed by atoms with van der Waals surface area (Å²) < 4.78 is 17.0. The fourth-order valence-electron chi connectivity index (χ4n) is 3.86. The molecule has 0 fully saturated rings. The first-order valence-electron chi connectivity index (χ1n) is 11.2. The van der Waals surface area contributed by atoms with Crippen LogP contribution in [0.3, 0.4) is 0 Å². The quantitative estimate of drug-likeness (QED) is 0.264. The topological polar surface area (TPSA) is 68.8 Å². The summed E-state index contributed by atoms with van der Waals surface area (Å²) in [6.07, 6.45) is 0. The van der Waals surface area contributed by atoms with E-state index in [-0.39, 0.29) is 6.61 Å². The minimum atomic E-state index is -0.565. The van der Waals surface area contributed by atoms with Gasteiger partial charge < -0.3 is 24.8 Å². The van der Waals surface area contributed by atoms with Gasteiger partial charge in [0.15, 0.2) is 16.6 Å². The Balaban J connectivity index is 1.70. The predicted molar refractivity (Wildman–Crippen MR) is 145 cm³/mol. The van der Waals surface area contributed by atoms with Crippen molar-refractivity contribution in [2.45, 2.75) is 19.6 Å². The molecule has 4 rings (SSSR count). The summed E-state index contributed by atoms with van der Waals surface area (Å²) >= 11 is 17.6. The molecule has 1 atom stereocenters. The van der Waals surface area contributed by atoms with Crippen molar-refractivity contribution in [3.05, 3.63) is 99.0 Å². The molecule has 0 spiro atoms. The average Bonchev–Trinajstić information content (AvgIpc) is 2.89. The van der Waals surface area contributed by atoms with Crippen LogP contribution in [-0.4, -0.2) is 24.8 Å². The van der Waals surface area contributed by atoms with Gasteiger partial charge in [-0.1, -0.05) is 65.7 Å². The second-order valence-electron chi connectivity index (χ2n) is 7.85. The normalized spacial score (nSPS) is 15.1. The maximum Gasteiger partial charge on any atom is 0.338 e. The molecule has 3 aromatic carbocycles. The van der Waals surface area contributed by atoms with Gasteiger partial charge >= 0.3 is 5.97 Å². The van der Waals surface area contributed by atoms with Crippen LogP contribution in [0.4, 0.5) is 0 Å². The van der Waals surface area contributed by atoms with E-state index < -0.39 is 12.0 Å². The molecule has 0 aliphatic carbocycles. The number of carbonyl (C=O) groups is 1. The van der Waals surface area contributed by atoms with Gasteiger partial charge in [-0.05, 0) is 60.1 Å². The highest BCUT2D eigenvalue weighted by atomic mass is 35.5. The summed E-state index contributed by atoms with van der Waals surface area (Å²) in [6.45, 7) is 2.59. The lowest BCUT2D eigenvalue weighted by atomic mass is 9.92. The molecule has 0 radical (unpaired) electrons. The molecular formula is C27H24Cl2N2O4S. The van der Waals surface area contributed by atoms with Gasteiger partial charge in [0.1, 0.15) is 6.61 Å². The van der Waals surface area contributed by atoms with Gasteiger partial charge in [-0.25, -0.2) is 4.79 Å². The standard InChI is InChI=1S/C27H24Cl2N2O4S/c1-3-34-22-14-18(10-12-21(22)35-15-16-9-11-19(28)20(29)13-16)25-23(26(32)33-2)24(30-27(36)31-25)17-7-5-4-6-8-17/h4-14,25H,3,15H2,1-2H3,(H2,30,31,36)/t25-/m1/s1. The Morgan fingerprint density at radius 3 is 2.44 bits per heavy atom. The molecule has 0 unspecified atom stereocenters. The molecule has 186 valence electrons.